The van der Waals surface area contributed by atoms with Crippen molar-refractivity contribution in [1.82, 2.24) is 78.8 Å². The van der Waals surface area contributed by atoms with Crippen LogP contribution in [0.2, 0.25) is 10.6 Å². The number of urea groups is 1. The largest absolute Gasteiger partial charge is 0.390 e. The van der Waals surface area contributed by atoms with Gasteiger partial charge < -0.3 is 60.2 Å². The van der Waals surface area contributed by atoms with Crippen molar-refractivity contribution in [2.75, 3.05) is 36.8 Å². The van der Waals surface area contributed by atoms with Gasteiger partial charge in [-0.1, -0.05) is 0 Å². The summed E-state index contributed by atoms with van der Waals surface area (Å²) in [5.74, 6) is 0.744. The molecule has 0 aromatic carbocycles. The van der Waals surface area contributed by atoms with Crippen LogP contribution >= 0.6 is 23.2 Å². The summed E-state index contributed by atoms with van der Waals surface area (Å²) in [4.78, 5) is 46.7. The second kappa shape index (κ2) is 16.1. The van der Waals surface area contributed by atoms with Crippen LogP contribution in [0.3, 0.4) is 0 Å². The number of hydrogen-bond donors (Lipinski definition) is 8. The fourth-order valence-corrected chi connectivity index (χ4v) is 9.55. The molecule has 328 valence electrons. The van der Waals surface area contributed by atoms with Crippen LogP contribution in [0, 0.1) is 0 Å². The monoisotopic (exact) mass is 896 g/mol. The predicted molar refractivity (Wildman–Crippen MR) is 215 cm³/mol. The van der Waals surface area contributed by atoms with Crippen molar-refractivity contribution in [2.45, 2.75) is 99.6 Å². The molecule has 0 bridgehead atoms. The number of carbonyl (C=O) groups excluding carboxylic acids is 1. The first kappa shape index (κ1) is 40.6. The van der Waals surface area contributed by atoms with E-state index in [1.807, 2.05) is 0 Å². The van der Waals surface area contributed by atoms with Crippen molar-refractivity contribution >= 4 is 63.2 Å². The first-order chi connectivity index (χ1) is 30.0. The summed E-state index contributed by atoms with van der Waals surface area (Å²) in [5.41, 5.74) is 2.21. The Morgan fingerprint density at radius 3 is 1.47 bits per heavy atom. The van der Waals surface area contributed by atoms with Crippen LogP contribution in [0.1, 0.15) is 61.2 Å². The lowest BCUT2D eigenvalue weighted by atomic mass is 10.2. The van der Waals surface area contributed by atoms with Crippen molar-refractivity contribution in [3.05, 3.63) is 47.0 Å². The number of likely N-dealkylation sites (tertiary alicyclic amines) is 2. The molecule has 6 aromatic heterocycles. The highest BCUT2D eigenvalue weighted by molar-refractivity contribution is 6.29. The fraction of sp³-hybridized carbons (Fsp3) is 0.571. The number of imidazole rings is 2. The number of anilines is 2. The molecule has 2 amide bonds. The highest BCUT2D eigenvalue weighted by Gasteiger charge is 2.47. The van der Waals surface area contributed by atoms with Gasteiger partial charge in [-0.15, -0.1) is 0 Å². The number of rotatable bonds is 10. The molecule has 4 fully saturated rings. The van der Waals surface area contributed by atoms with Gasteiger partial charge >= 0.3 is 6.03 Å². The standard InChI is InChI=1S/C35H42Cl2N18O7/c36-33-44-29(23-31(46-33)52(13-38-23)19-5-21(27(60)25(19)58)54-40-7-17(11-56)48-54)42-15-1-3-50(9-15)35(62)51-4-2-16(10-51)43-30-24-32(47-34(37)45-30)53(14-39-24)20-6-22(28(61)26(20)59)55-41-8-18(12-57)49-55/h7-8,13-16,19-22,25-28,56-61H,1-6,9-12H2,(H,42,44,46)(H,43,45,47)/t15-,16-,19-,20-,21+,22+,25+,26+,27-,28-/m1/s1. The molecule has 27 heteroatoms. The third-order valence-corrected chi connectivity index (χ3v) is 12.7. The minimum atomic E-state index is -1.20. The van der Waals surface area contributed by atoms with Gasteiger partial charge in [0.15, 0.2) is 34.0 Å². The Morgan fingerprint density at radius 1 is 0.645 bits per heavy atom. The Morgan fingerprint density at radius 2 is 1.06 bits per heavy atom. The van der Waals surface area contributed by atoms with E-state index in [0.29, 0.717) is 84.4 Å². The average molecular weight is 898 g/mol. The summed E-state index contributed by atoms with van der Waals surface area (Å²) in [6.07, 6.45) is 2.82. The maximum Gasteiger partial charge on any atom is 0.320 e. The molecule has 8 heterocycles. The Hall–Kier alpha value is -5.41. The molecule has 2 aliphatic heterocycles. The molecule has 0 spiro atoms. The summed E-state index contributed by atoms with van der Waals surface area (Å²) in [6.45, 7) is 1.16. The fourth-order valence-electron chi connectivity index (χ4n) is 9.22. The van der Waals surface area contributed by atoms with Crippen LogP contribution in [0.4, 0.5) is 16.4 Å². The smallest absolute Gasteiger partial charge is 0.320 e. The number of aliphatic hydroxyl groups excluding tert-OH is 6. The predicted octanol–water partition coefficient (Wildman–Crippen LogP) is -0.951. The van der Waals surface area contributed by atoms with Gasteiger partial charge in [-0.2, -0.15) is 49.9 Å². The maximum absolute atomic E-state index is 13.8. The topological polar surface area (TPSA) is 318 Å². The van der Waals surface area contributed by atoms with E-state index in [1.54, 1.807) is 18.9 Å². The molecule has 25 nitrogen and oxygen atoms in total. The first-order valence-electron chi connectivity index (χ1n) is 20.1. The van der Waals surface area contributed by atoms with Crippen LogP contribution in [0.25, 0.3) is 22.3 Å². The Balaban J connectivity index is 0.780. The van der Waals surface area contributed by atoms with E-state index in [9.17, 15) is 35.4 Å². The van der Waals surface area contributed by atoms with E-state index < -0.39 is 48.6 Å². The second-order valence-electron chi connectivity index (χ2n) is 16.1. The molecule has 0 unspecified atom stereocenters. The van der Waals surface area contributed by atoms with Crippen LogP contribution in [-0.4, -0.2) is 178 Å². The zero-order valence-electron chi connectivity index (χ0n) is 32.7. The van der Waals surface area contributed by atoms with Crippen molar-refractivity contribution in [2.24, 2.45) is 0 Å². The van der Waals surface area contributed by atoms with Crippen LogP contribution in [-0.2, 0) is 13.2 Å². The lowest BCUT2D eigenvalue weighted by Gasteiger charge is -2.25. The summed E-state index contributed by atoms with van der Waals surface area (Å²) in [7, 11) is 0. The van der Waals surface area contributed by atoms with E-state index in [2.05, 4.69) is 60.9 Å². The summed E-state index contributed by atoms with van der Waals surface area (Å²) >= 11 is 12.8. The number of amides is 2. The average Bonchev–Trinajstić information content (AvgIpc) is 4.12. The summed E-state index contributed by atoms with van der Waals surface area (Å²) in [6, 6.07) is -3.07. The van der Waals surface area contributed by atoms with Gasteiger partial charge in [-0.3, -0.25) is 0 Å². The van der Waals surface area contributed by atoms with Crippen molar-refractivity contribution in [1.29, 1.82) is 0 Å². The number of nitrogens with zero attached hydrogens (tertiary/aromatic N) is 16. The third kappa shape index (κ3) is 7.10. The number of nitrogens with one attached hydrogen (secondary N) is 2. The van der Waals surface area contributed by atoms with E-state index >= 15 is 0 Å². The van der Waals surface area contributed by atoms with Crippen LogP contribution in [0.5, 0.6) is 0 Å². The zero-order chi connectivity index (χ0) is 43.0. The number of fused-ring (bicyclic) bond motifs is 2. The zero-order valence-corrected chi connectivity index (χ0v) is 34.2. The minimum absolute atomic E-state index is 0.0484. The lowest BCUT2D eigenvalue weighted by molar-refractivity contribution is 0.00491. The highest BCUT2D eigenvalue weighted by atomic mass is 35.5. The maximum atomic E-state index is 13.8. The molecule has 10 rings (SSSR count). The molecule has 62 heavy (non-hydrogen) atoms. The van der Waals surface area contributed by atoms with E-state index in [1.165, 1.54) is 34.6 Å². The molecule has 8 N–H and O–H groups in total. The molecule has 2 aliphatic carbocycles. The SMILES string of the molecule is O=C(N1CC[C@@H](Nc2nc(Cl)nc3c2ncn3[C@@H]2C[C@H](n3ncc(CO)n3)[C@@H](O)[C@H]2O)C1)N1CC[C@@H](Nc2nc(Cl)nc3c2ncn3[C@@H]2C[C@H](n3ncc(CO)n3)[C@@H](O)[C@H]2O)C1. The molecule has 0 radical (unpaired) electrons. The molecule has 2 saturated heterocycles. The third-order valence-electron chi connectivity index (χ3n) is 12.4. The number of carbonyl (C=O) groups is 1. The minimum Gasteiger partial charge on any atom is -0.390 e. The van der Waals surface area contributed by atoms with Gasteiger partial charge in [0.1, 0.15) is 47.9 Å². The normalized spacial score (nSPS) is 28.9. The molecular formula is C35H42Cl2N18O7. The Labute approximate surface area is 360 Å². The van der Waals surface area contributed by atoms with Crippen molar-refractivity contribution in [3.63, 3.8) is 0 Å². The Bertz CT molecular complexity index is 2450. The quantitative estimate of drug-likeness (QED) is 0.0769. The summed E-state index contributed by atoms with van der Waals surface area (Å²) < 4.78 is 3.31. The van der Waals surface area contributed by atoms with E-state index in [0.717, 1.165) is 0 Å². The highest BCUT2D eigenvalue weighted by Crippen LogP contribution is 2.41. The van der Waals surface area contributed by atoms with Gasteiger partial charge in [0.25, 0.3) is 0 Å². The molecule has 4 aliphatic rings. The Kier molecular flexibility index (Phi) is 10.5. The van der Waals surface area contributed by atoms with Gasteiger partial charge in [-0.25, -0.2) is 14.8 Å². The number of aromatic nitrogens is 14. The van der Waals surface area contributed by atoms with Gasteiger partial charge in [-0.05, 0) is 48.9 Å². The number of aliphatic hydroxyl groups is 6. The number of hydrogen-bond acceptors (Lipinski definition) is 19. The first-order valence-corrected chi connectivity index (χ1v) is 20.9. The molecular weight excluding hydrogens is 855 g/mol. The molecule has 2 saturated carbocycles. The molecule has 10 atom stereocenters. The van der Waals surface area contributed by atoms with Crippen LogP contribution in [0.15, 0.2) is 25.0 Å². The van der Waals surface area contributed by atoms with Gasteiger partial charge in [0.2, 0.25) is 10.6 Å². The van der Waals surface area contributed by atoms with Gasteiger partial charge in [0.05, 0.1) is 50.3 Å². The lowest BCUT2D eigenvalue weighted by Crippen LogP contribution is -2.42. The van der Waals surface area contributed by atoms with Crippen molar-refractivity contribution < 1.29 is 35.4 Å². The van der Waals surface area contributed by atoms with Crippen LogP contribution < -0.4 is 10.6 Å². The van der Waals surface area contributed by atoms with E-state index in [4.69, 9.17) is 23.2 Å². The summed E-state index contributed by atoms with van der Waals surface area (Å²) in [5, 5.41) is 86.2. The van der Waals surface area contributed by atoms with Gasteiger partial charge in [0, 0.05) is 38.3 Å². The second-order valence-corrected chi connectivity index (χ2v) is 16.8. The van der Waals surface area contributed by atoms with E-state index in [-0.39, 0.29) is 54.7 Å². The number of halogens is 2. The molecule has 6 aromatic rings. The van der Waals surface area contributed by atoms with Crippen molar-refractivity contribution in [3.8, 4) is 0 Å².